The molecule has 0 aromatic carbocycles. The van der Waals surface area contributed by atoms with E-state index in [1.54, 1.807) is 32.2 Å². The van der Waals surface area contributed by atoms with Crippen molar-refractivity contribution >= 4 is 21.4 Å². The van der Waals surface area contributed by atoms with Crippen molar-refractivity contribution in [1.29, 1.82) is 0 Å². The molecule has 104 valence electrons. The Labute approximate surface area is 117 Å². The number of thiophene rings is 1. The van der Waals surface area contributed by atoms with Crippen molar-refractivity contribution in [2.45, 2.75) is 32.2 Å². The average molecular weight is 299 g/mol. The first-order valence-electron chi connectivity index (χ1n) is 5.85. The number of aryl methyl sites for hydroxylation is 3. The number of hydrogen-bond donors (Lipinski definition) is 1. The third-order valence-electron chi connectivity index (χ3n) is 3.06. The summed E-state index contributed by atoms with van der Waals surface area (Å²) in [5.74, 6) is 0. The summed E-state index contributed by atoms with van der Waals surface area (Å²) in [5, 5.41) is 8.64. The molecule has 2 rings (SSSR count). The van der Waals surface area contributed by atoms with Gasteiger partial charge in [0.05, 0.1) is 11.4 Å². The lowest BCUT2D eigenvalue weighted by atomic mass is 10.3. The van der Waals surface area contributed by atoms with Crippen molar-refractivity contribution in [3.63, 3.8) is 0 Å². The normalized spacial score (nSPS) is 12.3. The van der Waals surface area contributed by atoms with Gasteiger partial charge in [-0.25, -0.2) is 8.42 Å². The quantitative estimate of drug-likeness (QED) is 0.941. The first-order chi connectivity index (χ1) is 8.84. The molecule has 0 unspecified atom stereocenters. The molecule has 5 nitrogen and oxygen atoms in total. The lowest BCUT2D eigenvalue weighted by Crippen LogP contribution is -2.27. The van der Waals surface area contributed by atoms with E-state index in [1.807, 2.05) is 18.4 Å². The minimum absolute atomic E-state index is 0.282. The van der Waals surface area contributed by atoms with E-state index >= 15 is 0 Å². The van der Waals surface area contributed by atoms with Gasteiger partial charge in [-0.15, -0.1) is 11.3 Å². The van der Waals surface area contributed by atoms with E-state index < -0.39 is 10.0 Å². The molecule has 0 aliphatic heterocycles. The molecule has 2 aromatic rings. The van der Waals surface area contributed by atoms with Crippen LogP contribution in [0.3, 0.4) is 0 Å². The van der Waals surface area contributed by atoms with Crippen LogP contribution >= 0.6 is 11.3 Å². The van der Waals surface area contributed by atoms with Gasteiger partial charge in [-0.3, -0.25) is 5.10 Å². The van der Waals surface area contributed by atoms with Gasteiger partial charge in [-0.2, -0.15) is 9.40 Å². The third-order valence-corrected chi connectivity index (χ3v) is 6.14. The van der Waals surface area contributed by atoms with Crippen LogP contribution in [0, 0.1) is 20.8 Å². The van der Waals surface area contributed by atoms with Gasteiger partial charge in [0.25, 0.3) is 0 Å². The van der Waals surface area contributed by atoms with Gasteiger partial charge in [-0.05, 0) is 37.8 Å². The Hall–Kier alpha value is -1.18. The van der Waals surface area contributed by atoms with Crippen molar-refractivity contribution < 1.29 is 8.42 Å². The SMILES string of the molecule is Cc1ccsc1CN(C)S(=O)(=O)c1c(C)n[nH]c1C. The van der Waals surface area contributed by atoms with Gasteiger partial charge >= 0.3 is 0 Å². The minimum atomic E-state index is -3.50. The highest BCUT2D eigenvalue weighted by Crippen LogP contribution is 2.24. The fourth-order valence-corrected chi connectivity index (χ4v) is 4.43. The van der Waals surface area contributed by atoms with Gasteiger partial charge in [0.1, 0.15) is 4.90 Å². The van der Waals surface area contributed by atoms with E-state index in [4.69, 9.17) is 0 Å². The van der Waals surface area contributed by atoms with E-state index in [2.05, 4.69) is 10.2 Å². The van der Waals surface area contributed by atoms with Gasteiger partial charge in [-0.1, -0.05) is 0 Å². The zero-order valence-corrected chi connectivity index (χ0v) is 13.0. The summed E-state index contributed by atoms with van der Waals surface area (Å²) in [5.41, 5.74) is 2.20. The number of H-pyrrole nitrogens is 1. The molecule has 0 saturated heterocycles. The molecule has 0 aliphatic rings. The van der Waals surface area contributed by atoms with Crippen LogP contribution in [0.25, 0.3) is 0 Å². The first kappa shape index (κ1) is 14.2. The molecule has 2 heterocycles. The van der Waals surface area contributed by atoms with E-state index in [0.29, 0.717) is 17.9 Å². The Morgan fingerprint density at radius 2 is 2.05 bits per heavy atom. The van der Waals surface area contributed by atoms with Crippen LogP contribution in [-0.2, 0) is 16.6 Å². The maximum Gasteiger partial charge on any atom is 0.246 e. The lowest BCUT2D eigenvalue weighted by molar-refractivity contribution is 0.468. The Bertz CT molecular complexity index is 666. The first-order valence-corrected chi connectivity index (χ1v) is 8.17. The highest BCUT2D eigenvalue weighted by molar-refractivity contribution is 7.89. The van der Waals surface area contributed by atoms with Crippen LogP contribution < -0.4 is 0 Å². The second-order valence-electron chi connectivity index (χ2n) is 4.55. The molecule has 0 spiro atoms. The summed E-state index contributed by atoms with van der Waals surface area (Å²) in [6.45, 7) is 5.79. The second kappa shape index (κ2) is 5.07. The van der Waals surface area contributed by atoms with Crippen LogP contribution in [0.4, 0.5) is 0 Å². The molecule has 2 aromatic heterocycles. The molecule has 0 radical (unpaired) electrons. The zero-order valence-electron chi connectivity index (χ0n) is 11.4. The summed E-state index contributed by atoms with van der Waals surface area (Å²) in [6.07, 6.45) is 0. The Balaban J connectivity index is 2.33. The van der Waals surface area contributed by atoms with Crippen molar-refractivity contribution in [3.8, 4) is 0 Å². The van der Waals surface area contributed by atoms with Gasteiger partial charge < -0.3 is 0 Å². The predicted molar refractivity (Wildman–Crippen MR) is 75.8 cm³/mol. The lowest BCUT2D eigenvalue weighted by Gasteiger charge is -2.17. The molecule has 0 atom stereocenters. The van der Waals surface area contributed by atoms with E-state index in [9.17, 15) is 8.42 Å². The molecule has 0 amide bonds. The molecule has 0 fully saturated rings. The summed E-state index contributed by atoms with van der Waals surface area (Å²) in [6, 6.07) is 1.99. The minimum Gasteiger partial charge on any atom is -0.281 e. The number of aromatic amines is 1. The molecule has 0 bridgehead atoms. The van der Waals surface area contributed by atoms with Crippen molar-refractivity contribution in [2.75, 3.05) is 7.05 Å². The average Bonchev–Trinajstić information content (AvgIpc) is 2.86. The number of rotatable bonds is 4. The summed E-state index contributed by atoms with van der Waals surface area (Å²) in [4.78, 5) is 1.34. The van der Waals surface area contributed by atoms with Crippen LogP contribution in [0.5, 0.6) is 0 Å². The number of aromatic nitrogens is 2. The highest BCUT2D eigenvalue weighted by atomic mass is 32.2. The summed E-state index contributed by atoms with van der Waals surface area (Å²) < 4.78 is 26.5. The largest absolute Gasteiger partial charge is 0.281 e. The summed E-state index contributed by atoms with van der Waals surface area (Å²) >= 11 is 1.57. The van der Waals surface area contributed by atoms with Crippen LogP contribution in [0.15, 0.2) is 16.3 Å². The molecule has 0 saturated carbocycles. The van der Waals surface area contributed by atoms with Crippen LogP contribution in [0.1, 0.15) is 21.8 Å². The van der Waals surface area contributed by atoms with Gasteiger partial charge in [0, 0.05) is 18.5 Å². The fourth-order valence-electron chi connectivity index (χ4n) is 1.93. The maximum atomic E-state index is 12.5. The van der Waals surface area contributed by atoms with Crippen LogP contribution in [-0.4, -0.2) is 30.0 Å². The highest BCUT2D eigenvalue weighted by Gasteiger charge is 2.27. The topological polar surface area (TPSA) is 66.1 Å². The smallest absolute Gasteiger partial charge is 0.246 e. The third kappa shape index (κ3) is 2.58. The fraction of sp³-hybridized carbons (Fsp3) is 0.417. The van der Waals surface area contributed by atoms with E-state index in [0.717, 1.165) is 10.4 Å². The zero-order chi connectivity index (χ0) is 14.2. The molecular weight excluding hydrogens is 282 g/mol. The Kier molecular flexibility index (Phi) is 3.80. The standard InChI is InChI=1S/C12H17N3O2S2/c1-8-5-6-18-11(8)7-15(4)19(16,17)12-9(2)13-14-10(12)3/h5-6H,7H2,1-4H3,(H,13,14). The van der Waals surface area contributed by atoms with Gasteiger partial charge in [0.2, 0.25) is 10.0 Å². The second-order valence-corrected chi connectivity index (χ2v) is 7.53. The molecular formula is C12H17N3O2S2. The van der Waals surface area contributed by atoms with E-state index in [1.165, 1.54) is 4.31 Å². The van der Waals surface area contributed by atoms with Crippen molar-refractivity contribution in [2.24, 2.45) is 0 Å². The number of nitrogens with one attached hydrogen (secondary N) is 1. The van der Waals surface area contributed by atoms with E-state index in [-0.39, 0.29) is 4.90 Å². The Morgan fingerprint density at radius 3 is 2.53 bits per heavy atom. The van der Waals surface area contributed by atoms with Crippen molar-refractivity contribution in [3.05, 3.63) is 33.3 Å². The molecule has 1 N–H and O–H groups in total. The molecule has 0 aliphatic carbocycles. The van der Waals surface area contributed by atoms with Crippen molar-refractivity contribution in [1.82, 2.24) is 14.5 Å². The van der Waals surface area contributed by atoms with Crippen LogP contribution in [0.2, 0.25) is 0 Å². The molecule has 7 heteroatoms. The van der Waals surface area contributed by atoms with Gasteiger partial charge in [0.15, 0.2) is 0 Å². The molecule has 19 heavy (non-hydrogen) atoms. The number of nitrogens with zero attached hydrogens (tertiary/aromatic N) is 2. The predicted octanol–water partition coefficient (Wildman–Crippen LogP) is 2.22. The maximum absolute atomic E-state index is 12.5. The summed E-state index contributed by atoms with van der Waals surface area (Å²) in [7, 11) is -1.91. The Morgan fingerprint density at radius 1 is 1.37 bits per heavy atom. The monoisotopic (exact) mass is 299 g/mol. The number of sulfonamides is 1. The number of hydrogen-bond acceptors (Lipinski definition) is 4.